The fourth-order valence-electron chi connectivity index (χ4n) is 4.70. The summed E-state index contributed by atoms with van der Waals surface area (Å²) in [7, 11) is 0. The topological polar surface area (TPSA) is 44.3 Å². The first-order valence-electron chi connectivity index (χ1n) is 11.2. The van der Waals surface area contributed by atoms with E-state index in [1.807, 2.05) is 18.5 Å². The molecule has 0 unspecified atom stereocenters. The summed E-state index contributed by atoms with van der Waals surface area (Å²) in [6, 6.07) is 6.32. The molecule has 2 fully saturated rings. The number of rotatable bonds is 6. The molecule has 1 aliphatic carbocycles. The molecule has 160 valence electrons. The third-order valence-corrected chi connectivity index (χ3v) is 6.84. The Morgan fingerprint density at radius 2 is 1.83 bits per heavy atom. The Balaban J connectivity index is 1.45. The summed E-state index contributed by atoms with van der Waals surface area (Å²) in [6.07, 6.45) is 11.3. The Kier molecular flexibility index (Phi) is 6.95. The minimum Gasteiger partial charge on any atom is -0.368 e. The van der Waals surface area contributed by atoms with Crippen LogP contribution in [-0.4, -0.2) is 47.6 Å². The zero-order valence-electron chi connectivity index (χ0n) is 18.1. The largest absolute Gasteiger partial charge is 0.368 e. The fraction of sp³-hybridized carbons (Fsp3) is 0.500. The average Bonchev–Trinajstić information content (AvgIpc) is 3.32. The van der Waals surface area contributed by atoms with E-state index in [2.05, 4.69) is 69.8 Å². The predicted molar refractivity (Wildman–Crippen MR) is 129 cm³/mol. The normalized spacial score (nSPS) is 18.8. The highest BCUT2D eigenvalue weighted by Gasteiger charge is 2.22. The van der Waals surface area contributed by atoms with Crippen LogP contribution in [0.25, 0.3) is 5.57 Å². The van der Waals surface area contributed by atoms with Gasteiger partial charge in [-0.15, -0.1) is 12.6 Å². The molecule has 0 radical (unpaired) electrons. The van der Waals surface area contributed by atoms with Gasteiger partial charge in [-0.2, -0.15) is 0 Å². The van der Waals surface area contributed by atoms with Crippen molar-refractivity contribution in [3.63, 3.8) is 0 Å². The van der Waals surface area contributed by atoms with Crippen molar-refractivity contribution in [2.45, 2.75) is 44.4 Å². The van der Waals surface area contributed by atoms with Crippen molar-refractivity contribution in [1.29, 1.82) is 0 Å². The second kappa shape index (κ2) is 9.84. The molecule has 1 saturated carbocycles. The summed E-state index contributed by atoms with van der Waals surface area (Å²) in [5, 5.41) is 3.38. The number of thiol groups is 1. The number of hydrogen-bond acceptors (Lipinski definition) is 6. The standard InChI is InChI=1S/C24H33N5S/c1-3-20(18-7-5-6-8-18)21-15-24(26-17-22(21)30)27-23-10-9-19(16-25-23)29-13-11-28(4-2)12-14-29/h3,9-10,15-18,30H,4-8,11-14H2,1-2H3,(H,25,26,27)/b20-3+. The molecule has 5 nitrogen and oxygen atoms in total. The summed E-state index contributed by atoms with van der Waals surface area (Å²) in [6.45, 7) is 9.85. The number of nitrogens with zero attached hydrogens (tertiary/aromatic N) is 4. The van der Waals surface area contributed by atoms with Crippen LogP contribution in [0.2, 0.25) is 0 Å². The van der Waals surface area contributed by atoms with Gasteiger partial charge in [0, 0.05) is 37.3 Å². The van der Waals surface area contributed by atoms with Crippen LogP contribution in [-0.2, 0) is 0 Å². The lowest BCUT2D eigenvalue weighted by molar-refractivity contribution is 0.271. The fourth-order valence-corrected chi connectivity index (χ4v) is 4.95. The van der Waals surface area contributed by atoms with E-state index in [-0.39, 0.29) is 0 Å². The van der Waals surface area contributed by atoms with Gasteiger partial charge in [0.2, 0.25) is 0 Å². The second-order valence-electron chi connectivity index (χ2n) is 8.26. The van der Waals surface area contributed by atoms with Gasteiger partial charge in [-0.1, -0.05) is 25.8 Å². The van der Waals surface area contributed by atoms with E-state index in [4.69, 9.17) is 0 Å². The molecule has 2 aliphatic rings. The predicted octanol–water partition coefficient (Wildman–Crippen LogP) is 5.24. The van der Waals surface area contributed by atoms with Gasteiger partial charge >= 0.3 is 0 Å². The molecular formula is C24H33N5S. The lowest BCUT2D eigenvalue weighted by Crippen LogP contribution is -2.46. The first-order chi connectivity index (χ1) is 14.7. The number of piperazine rings is 1. The summed E-state index contributed by atoms with van der Waals surface area (Å²) < 4.78 is 0. The van der Waals surface area contributed by atoms with Crippen LogP contribution in [0.5, 0.6) is 0 Å². The number of hydrogen-bond donors (Lipinski definition) is 2. The number of aromatic nitrogens is 2. The van der Waals surface area contributed by atoms with Gasteiger partial charge in [0.15, 0.2) is 0 Å². The van der Waals surface area contributed by atoms with Crippen molar-refractivity contribution in [2.24, 2.45) is 5.92 Å². The van der Waals surface area contributed by atoms with Gasteiger partial charge in [0.1, 0.15) is 11.6 Å². The Morgan fingerprint density at radius 1 is 1.10 bits per heavy atom. The molecule has 1 aliphatic heterocycles. The zero-order chi connectivity index (χ0) is 20.9. The first-order valence-corrected chi connectivity index (χ1v) is 11.7. The third kappa shape index (κ3) is 4.81. The van der Waals surface area contributed by atoms with E-state index >= 15 is 0 Å². The summed E-state index contributed by atoms with van der Waals surface area (Å²) in [5.74, 6) is 2.28. The van der Waals surface area contributed by atoms with E-state index in [0.717, 1.165) is 49.3 Å². The van der Waals surface area contributed by atoms with Crippen molar-refractivity contribution in [1.82, 2.24) is 14.9 Å². The van der Waals surface area contributed by atoms with Crippen molar-refractivity contribution < 1.29 is 0 Å². The molecule has 6 heteroatoms. The number of pyridine rings is 2. The van der Waals surface area contributed by atoms with Crippen LogP contribution in [0.4, 0.5) is 17.3 Å². The maximum Gasteiger partial charge on any atom is 0.132 e. The van der Waals surface area contributed by atoms with E-state index in [0.29, 0.717) is 5.92 Å². The molecule has 3 heterocycles. The van der Waals surface area contributed by atoms with E-state index < -0.39 is 0 Å². The molecule has 0 amide bonds. The molecule has 30 heavy (non-hydrogen) atoms. The molecule has 0 bridgehead atoms. The maximum atomic E-state index is 4.69. The Labute approximate surface area is 186 Å². The van der Waals surface area contributed by atoms with Gasteiger partial charge < -0.3 is 15.1 Å². The highest BCUT2D eigenvalue weighted by molar-refractivity contribution is 7.80. The summed E-state index contributed by atoms with van der Waals surface area (Å²) in [4.78, 5) is 15.0. The van der Waals surface area contributed by atoms with Crippen LogP contribution in [0, 0.1) is 5.92 Å². The van der Waals surface area contributed by atoms with Gasteiger partial charge in [0.05, 0.1) is 11.9 Å². The Bertz CT molecular complexity index is 866. The van der Waals surface area contributed by atoms with Crippen LogP contribution in [0.15, 0.2) is 41.6 Å². The van der Waals surface area contributed by atoms with Crippen LogP contribution in [0.1, 0.15) is 45.1 Å². The van der Waals surface area contributed by atoms with Crippen molar-refractivity contribution in [3.8, 4) is 0 Å². The summed E-state index contributed by atoms with van der Waals surface area (Å²) in [5.41, 5.74) is 3.78. The molecule has 1 saturated heterocycles. The molecule has 0 atom stereocenters. The van der Waals surface area contributed by atoms with Crippen molar-refractivity contribution in [2.75, 3.05) is 42.9 Å². The van der Waals surface area contributed by atoms with E-state index in [1.165, 1.54) is 42.5 Å². The SMILES string of the molecule is C/C=C(/c1cc(Nc2ccc(N3CCN(CC)CC3)cn2)ncc1S)C1CCCC1. The molecule has 1 N–H and O–H groups in total. The highest BCUT2D eigenvalue weighted by atomic mass is 32.1. The van der Waals surface area contributed by atoms with Crippen molar-refractivity contribution in [3.05, 3.63) is 42.2 Å². The minimum atomic E-state index is 0.640. The quantitative estimate of drug-likeness (QED) is 0.622. The number of anilines is 3. The summed E-state index contributed by atoms with van der Waals surface area (Å²) >= 11 is 4.69. The number of allylic oxidation sites excluding steroid dienone is 2. The maximum absolute atomic E-state index is 4.69. The average molecular weight is 424 g/mol. The van der Waals surface area contributed by atoms with Crippen LogP contribution < -0.4 is 10.2 Å². The number of nitrogens with one attached hydrogen (secondary N) is 1. The van der Waals surface area contributed by atoms with Gasteiger partial charge in [-0.3, -0.25) is 0 Å². The molecule has 2 aromatic heterocycles. The highest BCUT2D eigenvalue weighted by Crippen LogP contribution is 2.39. The Morgan fingerprint density at radius 3 is 2.47 bits per heavy atom. The molecule has 0 spiro atoms. The van der Waals surface area contributed by atoms with E-state index in [9.17, 15) is 0 Å². The van der Waals surface area contributed by atoms with Crippen LogP contribution in [0.3, 0.4) is 0 Å². The van der Waals surface area contributed by atoms with Gasteiger partial charge in [-0.25, -0.2) is 9.97 Å². The van der Waals surface area contributed by atoms with Gasteiger partial charge in [-0.05, 0) is 61.6 Å². The monoisotopic (exact) mass is 423 g/mol. The Hall–Kier alpha value is -2.05. The molecule has 4 rings (SSSR count). The number of likely N-dealkylation sites (N-methyl/N-ethyl adjacent to an activating group) is 1. The van der Waals surface area contributed by atoms with E-state index in [1.54, 1.807) is 0 Å². The zero-order valence-corrected chi connectivity index (χ0v) is 19.0. The lowest BCUT2D eigenvalue weighted by atomic mass is 9.91. The van der Waals surface area contributed by atoms with Gasteiger partial charge in [0.25, 0.3) is 0 Å². The molecular weight excluding hydrogens is 390 g/mol. The molecule has 0 aromatic carbocycles. The smallest absolute Gasteiger partial charge is 0.132 e. The van der Waals surface area contributed by atoms with Crippen molar-refractivity contribution >= 4 is 35.5 Å². The molecule has 2 aromatic rings. The first kappa shape index (κ1) is 21.2. The minimum absolute atomic E-state index is 0.640. The third-order valence-electron chi connectivity index (χ3n) is 6.49. The lowest BCUT2D eigenvalue weighted by Gasteiger charge is -2.35. The van der Waals surface area contributed by atoms with Crippen LogP contribution >= 0.6 is 12.6 Å². The second-order valence-corrected chi connectivity index (χ2v) is 8.74.